The largest absolute Gasteiger partial charge is 0.347 e. The summed E-state index contributed by atoms with van der Waals surface area (Å²) in [6.07, 6.45) is 3.93. The van der Waals surface area contributed by atoms with Gasteiger partial charge in [-0.1, -0.05) is 6.92 Å². The zero-order valence-corrected chi connectivity index (χ0v) is 11.2. The minimum absolute atomic E-state index is 0.634. The zero-order chi connectivity index (χ0) is 12.0. The molecule has 0 amide bonds. The molecule has 1 heterocycles. The molecule has 0 aliphatic rings. The minimum Gasteiger partial charge on any atom is -0.347 e. The van der Waals surface area contributed by atoms with Crippen LogP contribution in [0.3, 0.4) is 0 Å². The predicted octanol–water partition coefficient (Wildman–Crippen LogP) is 1.38. The summed E-state index contributed by atoms with van der Waals surface area (Å²) in [4.78, 5) is 10.5. The second kappa shape index (κ2) is 6.70. The van der Waals surface area contributed by atoms with Crippen LogP contribution in [-0.2, 0) is 6.54 Å². The van der Waals surface area contributed by atoms with E-state index >= 15 is 0 Å². The molecule has 1 atom stereocenters. The molecule has 1 aromatic rings. The fourth-order valence-electron chi connectivity index (χ4n) is 1.19. The Kier molecular flexibility index (Phi) is 5.55. The first-order valence-corrected chi connectivity index (χ1v) is 6.65. The first kappa shape index (κ1) is 13.3. The molecular formula is C11H20N4S. The molecule has 0 spiro atoms. The third-order valence-electron chi connectivity index (χ3n) is 2.24. The topological polar surface area (TPSA) is 41.1 Å². The normalized spacial score (nSPS) is 12.5. The van der Waals surface area contributed by atoms with E-state index in [2.05, 4.69) is 28.5 Å². The van der Waals surface area contributed by atoms with Crippen LogP contribution in [0.15, 0.2) is 12.3 Å². The molecule has 5 heteroatoms. The van der Waals surface area contributed by atoms with Crippen LogP contribution in [0.4, 0.5) is 5.95 Å². The highest BCUT2D eigenvalue weighted by molar-refractivity contribution is 7.99. The Bertz CT molecular complexity index is 317. The molecule has 90 valence electrons. The molecule has 0 aliphatic carbocycles. The zero-order valence-electron chi connectivity index (χ0n) is 10.4. The summed E-state index contributed by atoms with van der Waals surface area (Å²) >= 11 is 1.86. The van der Waals surface area contributed by atoms with Crippen molar-refractivity contribution in [2.24, 2.45) is 0 Å². The van der Waals surface area contributed by atoms with E-state index in [-0.39, 0.29) is 0 Å². The van der Waals surface area contributed by atoms with Crippen molar-refractivity contribution in [2.75, 3.05) is 31.8 Å². The average molecular weight is 240 g/mol. The average Bonchev–Trinajstić information content (AvgIpc) is 2.29. The van der Waals surface area contributed by atoms with Crippen molar-refractivity contribution in [1.82, 2.24) is 15.3 Å². The van der Waals surface area contributed by atoms with Crippen LogP contribution in [-0.4, -0.2) is 42.1 Å². The molecule has 0 saturated carbocycles. The highest BCUT2D eigenvalue weighted by Crippen LogP contribution is 2.05. The molecule has 1 aromatic heterocycles. The monoisotopic (exact) mass is 240 g/mol. The van der Waals surface area contributed by atoms with Crippen LogP contribution in [0.2, 0.25) is 0 Å². The van der Waals surface area contributed by atoms with Crippen molar-refractivity contribution in [1.29, 1.82) is 0 Å². The second-order valence-electron chi connectivity index (χ2n) is 3.92. The van der Waals surface area contributed by atoms with E-state index in [1.54, 1.807) is 6.20 Å². The number of nitrogens with zero attached hydrogens (tertiary/aromatic N) is 3. The number of hydrogen-bond donors (Lipinski definition) is 1. The lowest BCUT2D eigenvalue weighted by Crippen LogP contribution is -2.23. The molecule has 1 N–H and O–H groups in total. The maximum Gasteiger partial charge on any atom is 0.225 e. The van der Waals surface area contributed by atoms with Gasteiger partial charge in [-0.05, 0) is 12.3 Å². The third kappa shape index (κ3) is 4.37. The van der Waals surface area contributed by atoms with E-state index in [4.69, 9.17) is 0 Å². The van der Waals surface area contributed by atoms with Crippen molar-refractivity contribution >= 4 is 17.7 Å². The van der Waals surface area contributed by atoms with Crippen LogP contribution in [0.25, 0.3) is 0 Å². The van der Waals surface area contributed by atoms with Crippen LogP contribution in [0, 0.1) is 0 Å². The lowest BCUT2D eigenvalue weighted by atomic mass is 10.4. The summed E-state index contributed by atoms with van der Waals surface area (Å²) in [6, 6.07) is 1.95. The number of thioether (sulfide) groups is 1. The van der Waals surface area contributed by atoms with Gasteiger partial charge >= 0.3 is 0 Å². The SMILES string of the molecule is CSC(C)CNCc1ccnc(N(C)C)n1. The minimum atomic E-state index is 0.634. The summed E-state index contributed by atoms with van der Waals surface area (Å²) in [5.41, 5.74) is 1.03. The third-order valence-corrected chi connectivity index (χ3v) is 3.21. The summed E-state index contributed by atoms with van der Waals surface area (Å²) in [5.74, 6) is 0.761. The molecule has 0 fully saturated rings. The van der Waals surface area contributed by atoms with Gasteiger partial charge in [0, 0.05) is 38.6 Å². The molecule has 4 nitrogen and oxygen atoms in total. The van der Waals surface area contributed by atoms with Gasteiger partial charge in [0.15, 0.2) is 0 Å². The van der Waals surface area contributed by atoms with Crippen LogP contribution >= 0.6 is 11.8 Å². The van der Waals surface area contributed by atoms with E-state index in [1.165, 1.54) is 0 Å². The molecule has 0 aliphatic heterocycles. The van der Waals surface area contributed by atoms with Crippen LogP contribution in [0.5, 0.6) is 0 Å². The van der Waals surface area contributed by atoms with Gasteiger partial charge in [-0.3, -0.25) is 0 Å². The first-order valence-electron chi connectivity index (χ1n) is 5.36. The van der Waals surface area contributed by atoms with Crippen LogP contribution < -0.4 is 10.2 Å². The standard InChI is InChI=1S/C11H20N4S/c1-9(16-4)7-12-8-10-5-6-13-11(14-10)15(2)3/h5-6,9,12H,7-8H2,1-4H3. The number of nitrogens with one attached hydrogen (secondary N) is 1. The molecule has 0 bridgehead atoms. The Labute approximate surface area is 102 Å². The smallest absolute Gasteiger partial charge is 0.225 e. The molecule has 1 rings (SSSR count). The summed E-state index contributed by atoms with van der Waals surface area (Å²) in [6.45, 7) is 4.01. The summed E-state index contributed by atoms with van der Waals surface area (Å²) in [7, 11) is 3.89. The molecule has 0 saturated heterocycles. The lowest BCUT2D eigenvalue weighted by molar-refractivity contribution is 0.670. The van der Waals surface area contributed by atoms with E-state index in [0.717, 1.165) is 24.7 Å². The van der Waals surface area contributed by atoms with Crippen molar-refractivity contribution in [3.63, 3.8) is 0 Å². The molecule has 1 unspecified atom stereocenters. The van der Waals surface area contributed by atoms with E-state index in [9.17, 15) is 0 Å². The van der Waals surface area contributed by atoms with Crippen molar-refractivity contribution in [3.05, 3.63) is 18.0 Å². The van der Waals surface area contributed by atoms with E-state index in [0.29, 0.717) is 5.25 Å². The Morgan fingerprint density at radius 1 is 1.50 bits per heavy atom. The Hall–Kier alpha value is -0.810. The quantitative estimate of drug-likeness (QED) is 0.813. The van der Waals surface area contributed by atoms with Gasteiger partial charge in [-0.15, -0.1) is 0 Å². The van der Waals surface area contributed by atoms with Gasteiger partial charge in [0.2, 0.25) is 5.95 Å². The van der Waals surface area contributed by atoms with Crippen LogP contribution in [0.1, 0.15) is 12.6 Å². The fourth-order valence-corrected chi connectivity index (χ4v) is 1.47. The molecular weight excluding hydrogens is 220 g/mol. The maximum absolute atomic E-state index is 4.44. The van der Waals surface area contributed by atoms with Gasteiger partial charge in [-0.25, -0.2) is 9.97 Å². The first-order chi connectivity index (χ1) is 7.63. The van der Waals surface area contributed by atoms with E-state index < -0.39 is 0 Å². The molecule has 16 heavy (non-hydrogen) atoms. The van der Waals surface area contributed by atoms with Gasteiger partial charge in [0.25, 0.3) is 0 Å². The Morgan fingerprint density at radius 3 is 2.88 bits per heavy atom. The Balaban J connectivity index is 2.45. The predicted molar refractivity (Wildman–Crippen MR) is 71.0 cm³/mol. The highest BCUT2D eigenvalue weighted by Gasteiger charge is 2.02. The second-order valence-corrected chi connectivity index (χ2v) is 5.20. The molecule has 0 aromatic carbocycles. The van der Waals surface area contributed by atoms with Gasteiger partial charge in [-0.2, -0.15) is 11.8 Å². The maximum atomic E-state index is 4.44. The van der Waals surface area contributed by atoms with Crippen molar-refractivity contribution < 1.29 is 0 Å². The summed E-state index contributed by atoms with van der Waals surface area (Å²) < 4.78 is 0. The van der Waals surface area contributed by atoms with Gasteiger partial charge in [0.05, 0.1) is 5.69 Å². The van der Waals surface area contributed by atoms with Crippen molar-refractivity contribution in [3.8, 4) is 0 Å². The fraction of sp³-hybridized carbons (Fsp3) is 0.636. The van der Waals surface area contributed by atoms with Crippen molar-refractivity contribution in [2.45, 2.75) is 18.7 Å². The number of anilines is 1. The summed E-state index contributed by atoms with van der Waals surface area (Å²) in [5, 5.41) is 4.02. The van der Waals surface area contributed by atoms with E-state index in [1.807, 2.05) is 36.8 Å². The number of hydrogen-bond acceptors (Lipinski definition) is 5. The lowest BCUT2D eigenvalue weighted by Gasteiger charge is -2.12. The highest BCUT2D eigenvalue weighted by atomic mass is 32.2. The Morgan fingerprint density at radius 2 is 2.25 bits per heavy atom. The number of aromatic nitrogens is 2. The van der Waals surface area contributed by atoms with Gasteiger partial charge in [0.1, 0.15) is 0 Å². The number of rotatable bonds is 6. The molecule has 0 radical (unpaired) electrons. The van der Waals surface area contributed by atoms with Gasteiger partial charge < -0.3 is 10.2 Å².